The third-order valence-corrected chi connectivity index (χ3v) is 5.37. The maximum absolute atomic E-state index is 12.6. The Balaban J connectivity index is 2.01. The van der Waals surface area contributed by atoms with Gasteiger partial charge in [-0.05, 0) is 36.0 Å². The summed E-state index contributed by atoms with van der Waals surface area (Å²) in [5, 5.41) is 16.3. The van der Waals surface area contributed by atoms with E-state index >= 15 is 0 Å². The smallest absolute Gasteiger partial charge is 0.293 e. The molecule has 2 aromatic rings. The van der Waals surface area contributed by atoms with Crippen molar-refractivity contribution in [2.24, 2.45) is 0 Å². The Bertz CT molecular complexity index is 1020. The number of sulfone groups is 1. The summed E-state index contributed by atoms with van der Waals surface area (Å²) in [6.45, 7) is 0.0971. The fraction of sp³-hybridized carbons (Fsp3) is 0.250. The standard InChI is InChI=1S/C16H16F2N4O5S2/c1-29(26,27)10-4-5-12(13(9-10)22(24)25)19-7-8-20-14(23)11-3-2-6-21-15(11)28-16(17)18/h2-6,9,16,19H,7-8H2,1H3,(H,20,23). The van der Waals surface area contributed by atoms with E-state index in [1.807, 2.05) is 0 Å². The van der Waals surface area contributed by atoms with Crippen LogP contribution in [-0.4, -0.2) is 49.3 Å². The van der Waals surface area contributed by atoms with Crippen LogP contribution in [-0.2, 0) is 9.84 Å². The quantitative estimate of drug-likeness (QED) is 0.260. The van der Waals surface area contributed by atoms with Crippen LogP contribution in [0.1, 0.15) is 10.4 Å². The van der Waals surface area contributed by atoms with Crippen LogP contribution >= 0.6 is 11.8 Å². The number of aromatic nitrogens is 1. The van der Waals surface area contributed by atoms with Crippen LogP contribution in [0.5, 0.6) is 0 Å². The lowest BCUT2D eigenvalue weighted by Gasteiger charge is -2.11. The van der Waals surface area contributed by atoms with Gasteiger partial charge in [0.05, 0.1) is 15.4 Å². The number of alkyl halides is 2. The number of rotatable bonds is 9. The first-order valence-electron chi connectivity index (χ1n) is 8.00. The molecule has 0 atom stereocenters. The largest absolute Gasteiger partial charge is 0.378 e. The molecule has 156 valence electrons. The monoisotopic (exact) mass is 446 g/mol. The molecule has 0 bridgehead atoms. The van der Waals surface area contributed by atoms with Crippen molar-refractivity contribution in [2.45, 2.75) is 15.7 Å². The van der Waals surface area contributed by atoms with E-state index in [1.54, 1.807) is 0 Å². The van der Waals surface area contributed by atoms with Gasteiger partial charge in [-0.25, -0.2) is 13.4 Å². The van der Waals surface area contributed by atoms with Crippen LogP contribution in [0.15, 0.2) is 46.5 Å². The molecular weight excluding hydrogens is 430 g/mol. The topological polar surface area (TPSA) is 131 Å². The molecule has 29 heavy (non-hydrogen) atoms. The molecule has 1 amide bonds. The molecular formula is C16H16F2N4O5S2. The Morgan fingerprint density at radius 2 is 2.03 bits per heavy atom. The van der Waals surface area contributed by atoms with Gasteiger partial charge in [-0.15, -0.1) is 0 Å². The number of nitro benzene ring substituents is 1. The number of nitrogens with one attached hydrogen (secondary N) is 2. The van der Waals surface area contributed by atoms with Gasteiger partial charge in [0.1, 0.15) is 10.7 Å². The molecule has 13 heteroatoms. The summed E-state index contributed by atoms with van der Waals surface area (Å²) in [6.07, 6.45) is 2.23. The number of nitro groups is 1. The fourth-order valence-corrected chi connectivity index (χ4v) is 3.47. The molecule has 1 aromatic carbocycles. The van der Waals surface area contributed by atoms with E-state index in [4.69, 9.17) is 0 Å². The lowest BCUT2D eigenvalue weighted by Crippen LogP contribution is -2.29. The Morgan fingerprint density at radius 3 is 2.66 bits per heavy atom. The molecule has 0 fully saturated rings. The summed E-state index contributed by atoms with van der Waals surface area (Å²) < 4.78 is 48.2. The van der Waals surface area contributed by atoms with Gasteiger partial charge >= 0.3 is 0 Å². The molecule has 0 unspecified atom stereocenters. The lowest BCUT2D eigenvalue weighted by molar-refractivity contribution is -0.384. The summed E-state index contributed by atoms with van der Waals surface area (Å²) >= 11 is 0.153. The van der Waals surface area contributed by atoms with E-state index in [0.717, 1.165) is 12.3 Å². The zero-order valence-corrected chi connectivity index (χ0v) is 16.6. The van der Waals surface area contributed by atoms with E-state index in [-0.39, 0.29) is 46.0 Å². The van der Waals surface area contributed by atoms with Crippen molar-refractivity contribution in [1.29, 1.82) is 0 Å². The Morgan fingerprint density at radius 1 is 1.31 bits per heavy atom. The predicted octanol–water partition coefficient (Wildman–Crippen LogP) is 2.55. The van der Waals surface area contributed by atoms with Gasteiger partial charge in [0.25, 0.3) is 17.4 Å². The van der Waals surface area contributed by atoms with Crippen LogP contribution in [0.3, 0.4) is 0 Å². The molecule has 0 spiro atoms. The molecule has 9 nitrogen and oxygen atoms in total. The van der Waals surface area contributed by atoms with Crippen LogP contribution in [0.25, 0.3) is 0 Å². The predicted molar refractivity (Wildman–Crippen MR) is 103 cm³/mol. The maximum atomic E-state index is 12.6. The number of hydrogen-bond acceptors (Lipinski definition) is 8. The highest BCUT2D eigenvalue weighted by Gasteiger charge is 2.19. The number of nitrogens with zero attached hydrogens (tertiary/aromatic N) is 2. The molecule has 1 heterocycles. The summed E-state index contributed by atoms with van der Waals surface area (Å²) in [6, 6.07) is 6.23. The second-order valence-corrected chi connectivity index (χ2v) is 8.62. The molecule has 2 rings (SSSR count). The van der Waals surface area contributed by atoms with E-state index in [0.29, 0.717) is 0 Å². The minimum Gasteiger partial charge on any atom is -0.378 e. The van der Waals surface area contributed by atoms with Crippen LogP contribution in [0.4, 0.5) is 20.2 Å². The zero-order valence-electron chi connectivity index (χ0n) is 15.0. The first-order valence-corrected chi connectivity index (χ1v) is 10.8. The van der Waals surface area contributed by atoms with E-state index < -0.39 is 32.1 Å². The van der Waals surface area contributed by atoms with Gasteiger partial charge in [-0.3, -0.25) is 14.9 Å². The Labute approximate surface area is 169 Å². The summed E-state index contributed by atoms with van der Waals surface area (Å²) in [4.78, 5) is 26.2. The SMILES string of the molecule is CS(=O)(=O)c1ccc(NCCNC(=O)c2cccnc2SC(F)F)c([N+](=O)[O-])c1. The lowest BCUT2D eigenvalue weighted by atomic mass is 10.2. The normalized spacial score (nSPS) is 11.3. The molecule has 0 aliphatic rings. The van der Waals surface area contributed by atoms with E-state index in [9.17, 15) is 32.1 Å². The third kappa shape index (κ3) is 6.35. The van der Waals surface area contributed by atoms with Crippen molar-refractivity contribution in [2.75, 3.05) is 24.7 Å². The number of amides is 1. The van der Waals surface area contributed by atoms with Gasteiger partial charge in [-0.1, -0.05) is 0 Å². The number of pyridine rings is 1. The number of carbonyl (C=O) groups excluding carboxylic acids is 1. The van der Waals surface area contributed by atoms with Gasteiger partial charge in [0.2, 0.25) is 0 Å². The third-order valence-electron chi connectivity index (χ3n) is 3.54. The van der Waals surface area contributed by atoms with Gasteiger partial charge in [-0.2, -0.15) is 8.78 Å². The van der Waals surface area contributed by atoms with Crippen molar-refractivity contribution < 1.29 is 26.9 Å². The number of benzene rings is 1. The molecule has 0 aliphatic carbocycles. The minimum atomic E-state index is -3.61. The van der Waals surface area contributed by atoms with Gasteiger partial charge in [0.15, 0.2) is 9.84 Å². The number of anilines is 1. The zero-order chi connectivity index (χ0) is 21.6. The highest BCUT2D eigenvalue weighted by atomic mass is 32.2. The van der Waals surface area contributed by atoms with Crippen molar-refractivity contribution in [3.05, 3.63) is 52.2 Å². The number of halogens is 2. The van der Waals surface area contributed by atoms with Gasteiger partial charge < -0.3 is 10.6 Å². The molecule has 0 radical (unpaired) electrons. The molecule has 2 N–H and O–H groups in total. The van der Waals surface area contributed by atoms with E-state index in [1.165, 1.54) is 30.5 Å². The second-order valence-electron chi connectivity index (χ2n) is 5.63. The first kappa shape index (κ1) is 22.5. The summed E-state index contributed by atoms with van der Waals surface area (Å²) in [5.74, 6) is -3.35. The summed E-state index contributed by atoms with van der Waals surface area (Å²) in [7, 11) is -3.61. The number of hydrogen-bond donors (Lipinski definition) is 2. The van der Waals surface area contributed by atoms with Crippen molar-refractivity contribution in [3.63, 3.8) is 0 Å². The Kier molecular flexibility index (Phi) is 7.45. The average molecular weight is 446 g/mol. The van der Waals surface area contributed by atoms with Crippen molar-refractivity contribution in [3.8, 4) is 0 Å². The minimum absolute atomic E-state index is 0.0127. The maximum Gasteiger partial charge on any atom is 0.293 e. The van der Waals surface area contributed by atoms with E-state index in [2.05, 4.69) is 15.6 Å². The summed E-state index contributed by atoms with van der Waals surface area (Å²) in [5.41, 5.74) is -0.365. The average Bonchev–Trinajstić information content (AvgIpc) is 2.64. The first-order chi connectivity index (χ1) is 13.6. The molecule has 0 saturated heterocycles. The van der Waals surface area contributed by atoms with Crippen molar-refractivity contribution >= 4 is 38.9 Å². The molecule has 1 aromatic heterocycles. The van der Waals surface area contributed by atoms with Crippen LogP contribution < -0.4 is 10.6 Å². The number of carbonyl (C=O) groups is 1. The van der Waals surface area contributed by atoms with Crippen LogP contribution in [0, 0.1) is 10.1 Å². The fourth-order valence-electron chi connectivity index (χ4n) is 2.25. The van der Waals surface area contributed by atoms with Gasteiger partial charge in [0, 0.05) is 31.6 Å². The van der Waals surface area contributed by atoms with Crippen LogP contribution in [0.2, 0.25) is 0 Å². The molecule has 0 aliphatic heterocycles. The Hall–Kier alpha value is -2.80. The highest BCUT2D eigenvalue weighted by Crippen LogP contribution is 2.28. The number of thioether (sulfide) groups is 1. The molecule has 0 saturated carbocycles. The second kappa shape index (κ2) is 9.60. The van der Waals surface area contributed by atoms with Crippen molar-refractivity contribution in [1.82, 2.24) is 10.3 Å². The highest BCUT2D eigenvalue weighted by molar-refractivity contribution is 7.99.